The number of hydrogen-bond donors (Lipinski definition) is 1. The number of benzene rings is 1. The average molecular weight is 311 g/mol. The minimum Gasteiger partial charge on any atom is -0.372 e. The molecule has 5 nitrogen and oxygen atoms in total. The van der Waals surface area contributed by atoms with Crippen LogP contribution in [0.15, 0.2) is 48.7 Å². The molecule has 120 valence electrons. The molecule has 0 radical (unpaired) electrons. The van der Waals surface area contributed by atoms with Crippen molar-refractivity contribution in [2.75, 3.05) is 23.3 Å². The van der Waals surface area contributed by atoms with Crippen molar-refractivity contribution in [3.05, 3.63) is 54.2 Å². The second kappa shape index (κ2) is 6.79. The lowest BCUT2D eigenvalue weighted by Crippen LogP contribution is -2.45. The fraction of sp³-hybridized carbons (Fsp3) is 0.333. The van der Waals surface area contributed by atoms with E-state index in [-0.39, 0.29) is 18.1 Å². The quantitative estimate of drug-likeness (QED) is 0.947. The number of amides is 1. The molecular formula is C18H21N3O2. The summed E-state index contributed by atoms with van der Waals surface area (Å²) in [5.41, 5.74) is 1.32. The van der Waals surface area contributed by atoms with Crippen LogP contribution in [0.4, 0.5) is 11.5 Å². The van der Waals surface area contributed by atoms with Gasteiger partial charge in [0.1, 0.15) is 5.82 Å². The Hall–Kier alpha value is -2.40. The topological polar surface area (TPSA) is 54.5 Å². The molecule has 1 N–H and O–H groups in total. The van der Waals surface area contributed by atoms with Gasteiger partial charge in [-0.3, -0.25) is 4.79 Å². The summed E-state index contributed by atoms with van der Waals surface area (Å²) in [5.74, 6) is 0.776. The number of carbonyl (C=O) groups excluding carboxylic acids is 1. The number of rotatable bonds is 3. The number of carbonyl (C=O) groups is 1. The first-order chi connectivity index (χ1) is 11.1. The predicted molar refractivity (Wildman–Crippen MR) is 90.9 cm³/mol. The van der Waals surface area contributed by atoms with E-state index < -0.39 is 0 Å². The van der Waals surface area contributed by atoms with Crippen LogP contribution in [-0.4, -0.2) is 36.2 Å². The lowest BCUT2D eigenvalue weighted by molar-refractivity contribution is -0.00545. The van der Waals surface area contributed by atoms with Crippen LogP contribution in [-0.2, 0) is 4.74 Å². The zero-order valence-corrected chi connectivity index (χ0v) is 13.4. The van der Waals surface area contributed by atoms with Crippen LogP contribution < -0.4 is 10.2 Å². The molecule has 0 saturated carbocycles. The number of anilines is 2. The normalized spacial score (nSPS) is 21.0. The Bertz CT molecular complexity index is 648. The molecule has 1 amide bonds. The van der Waals surface area contributed by atoms with Gasteiger partial charge in [-0.1, -0.05) is 18.2 Å². The van der Waals surface area contributed by atoms with Crippen molar-refractivity contribution in [1.82, 2.24) is 4.98 Å². The van der Waals surface area contributed by atoms with Crippen LogP contribution in [0, 0.1) is 0 Å². The zero-order chi connectivity index (χ0) is 16.2. The number of aromatic nitrogens is 1. The zero-order valence-electron chi connectivity index (χ0n) is 13.4. The first kappa shape index (κ1) is 15.5. The van der Waals surface area contributed by atoms with Gasteiger partial charge in [-0.2, -0.15) is 0 Å². The maximum absolute atomic E-state index is 12.1. The molecule has 2 atom stereocenters. The summed E-state index contributed by atoms with van der Waals surface area (Å²) in [4.78, 5) is 18.8. The van der Waals surface area contributed by atoms with E-state index in [9.17, 15) is 4.79 Å². The van der Waals surface area contributed by atoms with E-state index >= 15 is 0 Å². The van der Waals surface area contributed by atoms with Crippen LogP contribution in [0.25, 0.3) is 0 Å². The standard InChI is InChI=1S/C18H21N3O2/c1-13-11-21(12-14(2)23-13)17-9-8-16(10-19-17)20-18(22)15-6-4-3-5-7-15/h3-10,13-14H,11-12H2,1-2H3,(H,20,22). The van der Waals surface area contributed by atoms with Gasteiger partial charge in [0, 0.05) is 18.7 Å². The van der Waals surface area contributed by atoms with Crippen molar-refractivity contribution in [3.63, 3.8) is 0 Å². The Morgan fingerprint density at radius 1 is 1.13 bits per heavy atom. The van der Waals surface area contributed by atoms with Crippen molar-refractivity contribution < 1.29 is 9.53 Å². The van der Waals surface area contributed by atoms with Gasteiger partial charge in [-0.15, -0.1) is 0 Å². The molecule has 0 spiro atoms. The lowest BCUT2D eigenvalue weighted by Gasteiger charge is -2.36. The first-order valence-corrected chi connectivity index (χ1v) is 7.84. The third kappa shape index (κ3) is 3.87. The molecule has 3 rings (SSSR count). The molecule has 2 unspecified atom stereocenters. The smallest absolute Gasteiger partial charge is 0.255 e. The monoisotopic (exact) mass is 311 g/mol. The van der Waals surface area contributed by atoms with Gasteiger partial charge in [0.25, 0.3) is 5.91 Å². The summed E-state index contributed by atoms with van der Waals surface area (Å²) in [6.45, 7) is 5.79. The Morgan fingerprint density at radius 3 is 2.43 bits per heavy atom. The molecule has 23 heavy (non-hydrogen) atoms. The summed E-state index contributed by atoms with van der Waals surface area (Å²) in [5, 5.41) is 2.86. The van der Waals surface area contributed by atoms with E-state index in [0.717, 1.165) is 18.9 Å². The van der Waals surface area contributed by atoms with Crippen LogP contribution in [0.5, 0.6) is 0 Å². The van der Waals surface area contributed by atoms with Crippen molar-refractivity contribution >= 4 is 17.4 Å². The predicted octanol–water partition coefficient (Wildman–Crippen LogP) is 2.95. The van der Waals surface area contributed by atoms with E-state index in [2.05, 4.69) is 29.0 Å². The molecule has 1 fully saturated rings. The number of ether oxygens (including phenoxy) is 1. The van der Waals surface area contributed by atoms with Gasteiger partial charge in [0.05, 0.1) is 24.1 Å². The molecule has 0 aliphatic carbocycles. The summed E-state index contributed by atoms with van der Waals surface area (Å²) in [6.07, 6.45) is 2.08. The Balaban J connectivity index is 1.66. The highest BCUT2D eigenvalue weighted by molar-refractivity contribution is 6.04. The van der Waals surface area contributed by atoms with Gasteiger partial charge < -0.3 is 15.0 Å². The van der Waals surface area contributed by atoms with E-state index in [0.29, 0.717) is 11.3 Å². The molecule has 1 aliphatic rings. The number of pyridine rings is 1. The van der Waals surface area contributed by atoms with E-state index in [1.807, 2.05) is 30.3 Å². The van der Waals surface area contributed by atoms with E-state index in [1.54, 1.807) is 18.3 Å². The van der Waals surface area contributed by atoms with Gasteiger partial charge in [-0.05, 0) is 38.1 Å². The van der Waals surface area contributed by atoms with Gasteiger partial charge >= 0.3 is 0 Å². The Morgan fingerprint density at radius 2 is 1.83 bits per heavy atom. The molecule has 1 aromatic heterocycles. The van der Waals surface area contributed by atoms with Crippen molar-refractivity contribution in [3.8, 4) is 0 Å². The highest BCUT2D eigenvalue weighted by atomic mass is 16.5. The van der Waals surface area contributed by atoms with Gasteiger partial charge in [0.2, 0.25) is 0 Å². The lowest BCUT2D eigenvalue weighted by atomic mass is 10.2. The molecule has 0 bridgehead atoms. The van der Waals surface area contributed by atoms with Gasteiger partial charge in [0.15, 0.2) is 0 Å². The maximum Gasteiger partial charge on any atom is 0.255 e. The van der Waals surface area contributed by atoms with Crippen LogP contribution in [0.2, 0.25) is 0 Å². The summed E-state index contributed by atoms with van der Waals surface area (Å²) in [6, 6.07) is 13.0. The molecule has 1 aliphatic heterocycles. The maximum atomic E-state index is 12.1. The fourth-order valence-electron chi connectivity index (χ4n) is 2.80. The molecular weight excluding hydrogens is 290 g/mol. The number of hydrogen-bond acceptors (Lipinski definition) is 4. The van der Waals surface area contributed by atoms with Crippen molar-refractivity contribution in [2.45, 2.75) is 26.1 Å². The van der Waals surface area contributed by atoms with Crippen LogP contribution in [0.1, 0.15) is 24.2 Å². The molecule has 2 heterocycles. The second-order valence-corrected chi connectivity index (χ2v) is 5.89. The van der Waals surface area contributed by atoms with Crippen molar-refractivity contribution in [1.29, 1.82) is 0 Å². The van der Waals surface area contributed by atoms with Crippen LogP contribution in [0.3, 0.4) is 0 Å². The highest BCUT2D eigenvalue weighted by Crippen LogP contribution is 2.20. The van der Waals surface area contributed by atoms with Gasteiger partial charge in [-0.25, -0.2) is 4.98 Å². The minimum absolute atomic E-state index is 0.131. The Kier molecular flexibility index (Phi) is 4.57. The Labute approximate surface area is 136 Å². The second-order valence-electron chi connectivity index (χ2n) is 5.89. The number of nitrogens with zero attached hydrogens (tertiary/aromatic N) is 2. The SMILES string of the molecule is CC1CN(c2ccc(NC(=O)c3ccccc3)cn2)CC(C)O1. The number of morpholine rings is 1. The largest absolute Gasteiger partial charge is 0.372 e. The van der Waals surface area contributed by atoms with E-state index in [1.165, 1.54) is 0 Å². The number of nitrogens with one attached hydrogen (secondary N) is 1. The molecule has 2 aromatic rings. The average Bonchev–Trinajstić information content (AvgIpc) is 2.55. The minimum atomic E-state index is -0.131. The third-order valence-corrected chi connectivity index (χ3v) is 3.79. The first-order valence-electron chi connectivity index (χ1n) is 7.84. The molecule has 1 saturated heterocycles. The fourth-order valence-corrected chi connectivity index (χ4v) is 2.80. The van der Waals surface area contributed by atoms with Crippen LogP contribution >= 0.6 is 0 Å². The highest BCUT2D eigenvalue weighted by Gasteiger charge is 2.23. The summed E-state index contributed by atoms with van der Waals surface area (Å²) < 4.78 is 5.74. The van der Waals surface area contributed by atoms with E-state index in [4.69, 9.17) is 4.74 Å². The summed E-state index contributed by atoms with van der Waals surface area (Å²) >= 11 is 0. The summed E-state index contributed by atoms with van der Waals surface area (Å²) in [7, 11) is 0. The molecule has 1 aromatic carbocycles. The van der Waals surface area contributed by atoms with Crippen molar-refractivity contribution in [2.24, 2.45) is 0 Å². The third-order valence-electron chi connectivity index (χ3n) is 3.79. The molecule has 5 heteroatoms.